The van der Waals surface area contributed by atoms with Gasteiger partial charge in [0.25, 0.3) is 15.9 Å². The van der Waals surface area contributed by atoms with Crippen LogP contribution in [0.5, 0.6) is 0 Å². The molecular formula is C27H32N6O6S3. The maximum atomic E-state index is 13.8. The van der Waals surface area contributed by atoms with Crippen LogP contribution in [0.1, 0.15) is 32.9 Å². The van der Waals surface area contributed by atoms with E-state index in [4.69, 9.17) is 11.2 Å². The molecule has 2 aromatic heterocycles. The number of thiazole rings is 1. The average Bonchev–Trinajstić information content (AvgIpc) is 3.61. The molecule has 42 heavy (non-hydrogen) atoms. The highest BCUT2D eigenvalue weighted by atomic mass is 32.2. The summed E-state index contributed by atoms with van der Waals surface area (Å²) in [5.41, 5.74) is 2.12. The van der Waals surface area contributed by atoms with E-state index < -0.39 is 31.8 Å². The second-order valence-corrected chi connectivity index (χ2v) is 15.8. The number of hydrogen-bond acceptors (Lipinski definition) is 9. The van der Waals surface area contributed by atoms with Crippen molar-refractivity contribution in [3.05, 3.63) is 45.4 Å². The summed E-state index contributed by atoms with van der Waals surface area (Å²) in [7, 11) is -7.86. The Hall–Kier alpha value is -2.84. The van der Waals surface area contributed by atoms with Crippen LogP contribution < -0.4 is 5.32 Å². The Morgan fingerprint density at radius 2 is 1.93 bits per heavy atom. The van der Waals surface area contributed by atoms with E-state index in [1.54, 1.807) is 18.2 Å². The lowest BCUT2D eigenvalue weighted by Crippen LogP contribution is -2.59. The van der Waals surface area contributed by atoms with Crippen molar-refractivity contribution in [1.29, 1.82) is 0 Å². The van der Waals surface area contributed by atoms with E-state index >= 15 is 0 Å². The molecule has 3 aliphatic heterocycles. The molecular weight excluding hydrogens is 601 g/mol. The normalized spacial score (nSPS) is 22.6. The van der Waals surface area contributed by atoms with Crippen LogP contribution in [-0.2, 0) is 37.7 Å². The van der Waals surface area contributed by atoms with E-state index in [0.717, 1.165) is 10.6 Å². The summed E-state index contributed by atoms with van der Waals surface area (Å²) >= 11 is 1.30. The fraction of sp³-hybridized carbons (Fsp3) is 0.481. The lowest BCUT2D eigenvalue weighted by molar-refractivity contribution is 0.0583. The Bertz CT molecular complexity index is 1770. The van der Waals surface area contributed by atoms with Gasteiger partial charge in [0.15, 0.2) is 5.01 Å². The molecule has 2 fully saturated rings. The van der Waals surface area contributed by atoms with E-state index in [1.165, 1.54) is 30.9 Å². The zero-order valence-electron chi connectivity index (χ0n) is 23.1. The molecule has 0 aliphatic carbocycles. The number of hydrogen-bond donors (Lipinski definition) is 2. The number of aromatic nitrogens is 2. The summed E-state index contributed by atoms with van der Waals surface area (Å²) in [5, 5.41) is 4.29. The van der Waals surface area contributed by atoms with Crippen LogP contribution in [0.25, 0.3) is 10.9 Å². The minimum absolute atomic E-state index is 0.0107. The van der Waals surface area contributed by atoms with Gasteiger partial charge in [0, 0.05) is 73.1 Å². The molecule has 6 rings (SSSR count). The summed E-state index contributed by atoms with van der Waals surface area (Å²) in [6.07, 6.45) is 6.20. The molecule has 12 nitrogen and oxygen atoms in total. The molecule has 3 aliphatic rings. The van der Waals surface area contributed by atoms with Crippen molar-refractivity contribution in [2.75, 3.05) is 51.7 Å². The van der Waals surface area contributed by atoms with E-state index in [9.17, 15) is 21.6 Å². The van der Waals surface area contributed by atoms with Gasteiger partial charge in [0.1, 0.15) is 5.03 Å². The number of fused-ring (bicyclic) bond motifs is 2. The van der Waals surface area contributed by atoms with Gasteiger partial charge < -0.3 is 19.9 Å². The van der Waals surface area contributed by atoms with Crippen molar-refractivity contribution in [3.63, 3.8) is 0 Å². The third-order valence-corrected chi connectivity index (χ3v) is 12.8. The molecule has 224 valence electrons. The highest BCUT2D eigenvalue weighted by Gasteiger charge is 2.41. The molecule has 2 N–H and O–H groups in total. The zero-order valence-corrected chi connectivity index (χ0v) is 25.5. The van der Waals surface area contributed by atoms with Crippen molar-refractivity contribution in [2.45, 2.75) is 37.0 Å². The van der Waals surface area contributed by atoms with Gasteiger partial charge in [-0.25, -0.2) is 21.8 Å². The molecule has 1 amide bonds. The second-order valence-electron chi connectivity index (χ2n) is 10.8. The number of carbonyl (C=O) groups excluding carboxylic acids is 1. The van der Waals surface area contributed by atoms with Crippen LogP contribution in [0.2, 0.25) is 0 Å². The predicted octanol–water partition coefficient (Wildman–Crippen LogP) is 0.817. The number of morpholine rings is 1. The van der Waals surface area contributed by atoms with Crippen LogP contribution in [-0.4, -0.2) is 110 Å². The second kappa shape index (κ2) is 11.3. The lowest BCUT2D eigenvalue weighted by Gasteiger charge is -2.41. The summed E-state index contributed by atoms with van der Waals surface area (Å²) < 4.78 is 62.5. The number of terminal acetylenes is 1. The number of sulfonamides is 2. The van der Waals surface area contributed by atoms with E-state index in [0.29, 0.717) is 34.4 Å². The Kier molecular flexibility index (Phi) is 7.90. The number of rotatable bonds is 6. The van der Waals surface area contributed by atoms with Crippen LogP contribution >= 0.6 is 11.3 Å². The summed E-state index contributed by atoms with van der Waals surface area (Å²) in [4.78, 5) is 23.8. The molecule has 3 aromatic rings. The third kappa shape index (κ3) is 5.60. The van der Waals surface area contributed by atoms with Gasteiger partial charge in [-0.15, -0.1) is 17.8 Å². The van der Waals surface area contributed by atoms with Crippen molar-refractivity contribution < 1.29 is 26.4 Å². The van der Waals surface area contributed by atoms with E-state index in [-0.39, 0.29) is 62.9 Å². The number of aromatic amines is 1. The number of amides is 1. The van der Waals surface area contributed by atoms with Crippen molar-refractivity contribution in [3.8, 4) is 12.3 Å². The van der Waals surface area contributed by atoms with Crippen LogP contribution in [0, 0.1) is 12.3 Å². The van der Waals surface area contributed by atoms with Crippen molar-refractivity contribution >= 4 is 48.2 Å². The molecule has 0 radical (unpaired) electrons. The first-order valence-corrected chi connectivity index (χ1v) is 17.6. The largest absolute Gasteiger partial charge is 0.379 e. The molecule has 0 bridgehead atoms. The minimum Gasteiger partial charge on any atom is -0.379 e. The first-order chi connectivity index (χ1) is 20.0. The number of nitrogens with one attached hydrogen (secondary N) is 2. The van der Waals surface area contributed by atoms with Crippen LogP contribution in [0.4, 0.5) is 0 Å². The maximum Gasteiger partial charge on any atom is 0.283 e. The highest BCUT2D eigenvalue weighted by Crippen LogP contribution is 2.29. The Morgan fingerprint density at radius 3 is 2.69 bits per heavy atom. The molecule has 5 heterocycles. The minimum atomic E-state index is -4.04. The highest BCUT2D eigenvalue weighted by molar-refractivity contribution is 7.89. The van der Waals surface area contributed by atoms with Gasteiger partial charge in [0.2, 0.25) is 10.0 Å². The molecule has 2 saturated heterocycles. The van der Waals surface area contributed by atoms with E-state index in [1.807, 2.05) is 0 Å². The van der Waals surface area contributed by atoms with Crippen molar-refractivity contribution in [2.24, 2.45) is 0 Å². The third-order valence-electron chi connectivity index (χ3n) is 7.93. The SMILES string of the molecule is C#Cc1ccc2[nH]c(S(=O)(=O)N3CCN(C(=O)c4nc5c(s4)CNC(C)C5)C(CS(=O)(=O)N4CCOCC4)C3)cc2c1. The zero-order chi connectivity index (χ0) is 29.6. The summed E-state index contributed by atoms with van der Waals surface area (Å²) in [5.74, 6) is 1.75. The average molecular weight is 633 g/mol. The molecule has 2 unspecified atom stereocenters. The van der Waals surface area contributed by atoms with Gasteiger partial charge in [0.05, 0.1) is 30.7 Å². The quantitative estimate of drug-likeness (QED) is 0.380. The first-order valence-electron chi connectivity index (χ1n) is 13.7. The van der Waals surface area contributed by atoms with Gasteiger partial charge >= 0.3 is 0 Å². The number of carbonyl (C=O) groups is 1. The Balaban J connectivity index is 1.30. The monoisotopic (exact) mass is 632 g/mol. The number of piperazine rings is 1. The van der Waals surface area contributed by atoms with Crippen LogP contribution in [0.3, 0.4) is 0 Å². The van der Waals surface area contributed by atoms with Gasteiger partial charge in [-0.2, -0.15) is 8.61 Å². The van der Waals surface area contributed by atoms with Gasteiger partial charge in [-0.3, -0.25) is 4.79 Å². The predicted molar refractivity (Wildman–Crippen MR) is 158 cm³/mol. The van der Waals surface area contributed by atoms with Crippen LogP contribution in [0.15, 0.2) is 29.3 Å². The van der Waals surface area contributed by atoms with Gasteiger partial charge in [-0.05, 0) is 31.2 Å². The maximum absolute atomic E-state index is 13.8. The summed E-state index contributed by atoms with van der Waals surface area (Å²) in [6.45, 7) is 3.53. The smallest absolute Gasteiger partial charge is 0.283 e. The van der Waals surface area contributed by atoms with Gasteiger partial charge in [-0.1, -0.05) is 5.92 Å². The number of nitrogens with zero attached hydrogens (tertiary/aromatic N) is 4. The molecule has 0 saturated carbocycles. The first kappa shape index (κ1) is 29.2. The fourth-order valence-electron chi connectivity index (χ4n) is 5.63. The number of benzene rings is 1. The topological polar surface area (TPSA) is 145 Å². The number of ether oxygens (including phenoxy) is 1. The molecule has 15 heteroatoms. The Morgan fingerprint density at radius 1 is 1.14 bits per heavy atom. The molecule has 2 atom stereocenters. The summed E-state index contributed by atoms with van der Waals surface area (Å²) in [6, 6.07) is 6.02. The fourth-order valence-corrected chi connectivity index (χ4v) is 9.79. The lowest BCUT2D eigenvalue weighted by atomic mass is 10.1. The standard InChI is InChI=1S/C27H32N6O6S3/c1-3-19-4-5-22-20(13-19)14-25(29-22)42(37,38)32-6-7-33(21(16-32)17-41(35,36)31-8-10-39-11-9-31)27(34)26-30-23-12-18(2)28-15-24(23)40-26/h1,4-5,13-14,18,21,28-29H,6-12,15-17H2,2H3. The molecule has 0 spiro atoms. The van der Waals surface area contributed by atoms with Crippen molar-refractivity contribution in [1.82, 2.24) is 28.8 Å². The Labute approximate surface area is 249 Å². The number of H-pyrrole nitrogens is 1. The van der Waals surface area contributed by atoms with E-state index in [2.05, 4.69) is 28.1 Å². The molecule has 1 aromatic carbocycles.